The minimum Gasteiger partial charge on any atom is -0.398 e. The Balaban J connectivity index is 0.000000921. The standard InChI is InChI=1S/C8H7ClF3N.C2H6/c1-4-6(9)2-5(3-7(4)13)8(10,11)12;1-2/h2-3H,13H2,1H3;1-2H3. The van der Waals surface area contributed by atoms with Crippen molar-refractivity contribution in [3.8, 4) is 0 Å². The van der Waals surface area contributed by atoms with Crippen molar-refractivity contribution >= 4 is 17.3 Å². The molecule has 0 unspecified atom stereocenters. The van der Waals surface area contributed by atoms with Gasteiger partial charge in [-0.25, -0.2) is 0 Å². The minimum absolute atomic E-state index is 0.0346. The smallest absolute Gasteiger partial charge is 0.398 e. The molecule has 0 amide bonds. The highest BCUT2D eigenvalue weighted by Crippen LogP contribution is 2.34. The molecule has 0 bridgehead atoms. The van der Waals surface area contributed by atoms with Crippen LogP contribution in [0.1, 0.15) is 25.0 Å². The van der Waals surface area contributed by atoms with Gasteiger partial charge in [0, 0.05) is 10.7 Å². The highest BCUT2D eigenvalue weighted by atomic mass is 35.5. The summed E-state index contributed by atoms with van der Waals surface area (Å²) in [4.78, 5) is 0. The summed E-state index contributed by atoms with van der Waals surface area (Å²) in [6.07, 6.45) is -4.40. The molecule has 86 valence electrons. The summed E-state index contributed by atoms with van der Waals surface area (Å²) in [5.41, 5.74) is 5.04. The van der Waals surface area contributed by atoms with Crippen molar-refractivity contribution in [2.45, 2.75) is 26.9 Å². The second-order valence-corrected chi connectivity index (χ2v) is 3.08. The monoisotopic (exact) mass is 239 g/mol. The lowest BCUT2D eigenvalue weighted by Gasteiger charge is -2.10. The van der Waals surface area contributed by atoms with Gasteiger partial charge in [-0.1, -0.05) is 25.4 Å². The van der Waals surface area contributed by atoms with Gasteiger partial charge in [-0.05, 0) is 24.6 Å². The number of benzene rings is 1. The molecule has 1 aromatic carbocycles. The summed E-state index contributed by atoms with van der Waals surface area (Å²) in [5.74, 6) is 0. The molecule has 0 saturated heterocycles. The first-order valence-electron chi connectivity index (χ1n) is 4.45. The van der Waals surface area contributed by atoms with Gasteiger partial charge in [-0.3, -0.25) is 0 Å². The maximum absolute atomic E-state index is 12.2. The van der Waals surface area contributed by atoms with E-state index < -0.39 is 11.7 Å². The van der Waals surface area contributed by atoms with Crippen LogP contribution in [-0.4, -0.2) is 0 Å². The first kappa shape index (κ1) is 14.1. The maximum atomic E-state index is 12.2. The number of anilines is 1. The molecule has 5 heteroatoms. The molecule has 15 heavy (non-hydrogen) atoms. The number of nitrogen functional groups attached to an aromatic ring is 1. The van der Waals surface area contributed by atoms with Crippen LogP contribution in [0.2, 0.25) is 5.02 Å². The Labute approximate surface area is 92.0 Å². The van der Waals surface area contributed by atoms with Crippen molar-refractivity contribution in [1.29, 1.82) is 0 Å². The quantitative estimate of drug-likeness (QED) is 0.672. The third kappa shape index (κ3) is 3.63. The van der Waals surface area contributed by atoms with E-state index in [1.165, 1.54) is 0 Å². The van der Waals surface area contributed by atoms with Gasteiger partial charge in [0.25, 0.3) is 0 Å². The van der Waals surface area contributed by atoms with Gasteiger partial charge in [-0.15, -0.1) is 0 Å². The Kier molecular flexibility index (Phi) is 4.94. The normalized spacial score (nSPS) is 10.6. The molecule has 0 heterocycles. The average molecular weight is 240 g/mol. The van der Waals surface area contributed by atoms with E-state index in [9.17, 15) is 13.2 Å². The van der Waals surface area contributed by atoms with Gasteiger partial charge in [-0.2, -0.15) is 13.2 Å². The summed E-state index contributed by atoms with van der Waals surface area (Å²) in [6, 6.07) is 1.74. The highest BCUT2D eigenvalue weighted by Gasteiger charge is 2.31. The number of rotatable bonds is 0. The largest absolute Gasteiger partial charge is 0.416 e. The number of hydrogen-bond donors (Lipinski definition) is 1. The Bertz CT molecular complexity index is 311. The third-order valence-electron chi connectivity index (χ3n) is 1.71. The fourth-order valence-electron chi connectivity index (χ4n) is 0.864. The van der Waals surface area contributed by atoms with Crippen LogP contribution in [0.15, 0.2) is 12.1 Å². The lowest BCUT2D eigenvalue weighted by atomic mass is 10.1. The SMILES string of the molecule is CC.Cc1c(N)cc(C(F)(F)F)cc1Cl. The van der Waals surface area contributed by atoms with E-state index in [2.05, 4.69) is 0 Å². The van der Waals surface area contributed by atoms with Gasteiger partial charge >= 0.3 is 6.18 Å². The summed E-state index contributed by atoms with van der Waals surface area (Å²) in [6.45, 7) is 5.57. The maximum Gasteiger partial charge on any atom is 0.416 e. The second kappa shape index (κ2) is 5.26. The topological polar surface area (TPSA) is 26.0 Å². The van der Waals surface area contributed by atoms with Gasteiger partial charge in [0.15, 0.2) is 0 Å². The number of alkyl halides is 3. The van der Waals surface area contributed by atoms with E-state index in [0.29, 0.717) is 5.56 Å². The fourth-order valence-corrected chi connectivity index (χ4v) is 1.09. The summed E-state index contributed by atoms with van der Waals surface area (Å²) in [5, 5.41) is 0.0346. The van der Waals surface area contributed by atoms with Crippen molar-refractivity contribution in [2.75, 3.05) is 5.73 Å². The molecule has 0 spiro atoms. The molecule has 0 aliphatic heterocycles. The zero-order valence-corrected chi connectivity index (χ0v) is 9.50. The summed E-state index contributed by atoms with van der Waals surface area (Å²) >= 11 is 5.55. The first-order valence-corrected chi connectivity index (χ1v) is 4.83. The van der Waals surface area contributed by atoms with E-state index in [1.54, 1.807) is 6.92 Å². The van der Waals surface area contributed by atoms with Crippen molar-refractivity contribution in [2.24, 2.45) is 0 Å². The zero-order chi connectivity index (χ0) is 12.2. The van der Waals surface area contributed by atoms with Crippen LogP contribution >= 0.6 is 11.6 Å². The van der Waals surface area contributed by atoms with Gasteiger partial charge in [0.1, 0.15) is 0 Å². The molecule has 0 radical (unpaired) electrons. The fraction of sp³-hybridized carbons (Fsp3) is 0.400. The molecule has 0 aliphatic rings. The summed E-state index contributed by atoms with van der Waals surface area (Å²) < 4.78 is 36.5. The molecule has 1 aromatic rings. The zero-order valence-electron chi connectivity index (χ0n) is 8.74. The predicted octanol–water partition coefficient (Wildman–Crippen LogP) is 4.28. The Morgan fingerprint density at radius 3 is 2.00 bits per heavy atom. The molecule has 1 rings (SSSR count). The molecule has 0 saturated carbocycles. The van der Waals surface area contributed by atoms with Crippen LogP contribution in [-0.2, 0) is 6.18 Å². The minimum atomic E-state index is -4.40. The van der Waals surface area contributed by atoms with E-state index in [4.69, 9.17) is 17.3 Å². The Morgan fingerprint density at radius 1 is 1.20 bits per heavy atom. The Morgan fingerprint density at radius 2 is 1.67 bits per heavy atom. The van der Waals surface area contributed by atoms with E-state index in [-0.39, 0.29) is 10.7 Å². The van der Waals surface area contributed by atoms with Crippen LogP contribution in [0.5, 0.6) is 0 Å². The third-order valence-corrected chi connectivity index (χ3v) is 2.10. The molecular formula is C10H13ClF3N. The lowest BCUT2D eigenvalue weighted by molar-refractivity contribution is -0.137. The van der Waals surface area contributed by atoms with Crippen LogP contribution < -0.4 is 5.73 Å². The second-order valence-electron chi connectivity index (χ2n) is 2.67. The highest BCUT2D eigenvalue weighted by molar-refractivity contribution is 6.31. The molecule has 0 atom stereocenters. The van der Waals surface area contributed by atoms with Crippen LogP contribution in [0.4, 0.5) is 18.9 Å². The molecule has 0 aliphatic carbocycles. The lowest BCUT2D eigenvalue weighted by Crippen LogP contribution is -2.06. The molecular weight excluding hydrogens is 227 g/mol. The average Bonchev–Trinajstić information content (AvgIpc) is 2.15. The molecule has 0 fully saturated rings. The van der Waals surface area contributed by atoms with Crippen molar-refractivity contribution < 1.29 is 13.2 Å². The van der Waals surface area contributed by atoms with Crippen LogP contribution in [0.25, 0.3) is 0 Å². The van der Waals surface area contributed by atoms with Crippen molar-refractivity contribution in [3.63, 3.8) is 0 Å². The van der Waals surface area contributed by atoms with Gasteiger partial charge in [0.2, 0.25) is 0 Å². The first-order chi connectivity index (χ1) is 6.82. The van der Waals surface area contributed by atoms with Crippen LogP contribution in [0, 0.1) is 6.92 Å². The van der Waals surface area contributed by atoms with Crippen LogP contribution in [0.3, 0.4) is 0 Å². The summed E-state index contributed by atoms with van der Waals surface area (Å²) in [7, 11) is 0. The Hall–Kier alpha value is -0.900. The van der Waals surface area contributed by atoms with E-state index >= 15 is 0 Å². The molecule has 2 N–H and O–H groups in total. The van der Waals surface area contributed by atoms with E-state index in [1.807, 2.05) is 13.8 Å². The van der Waals surface area contributed by atoms with E-state index in [0.717, 1.165) is 12.1 Å². The van der Waals surface area contributed by atoms with Gasteiger partial charge in [0.05, 0.1) is 5.56 Å². The number of halogens is 4. The number of nitrogens with two attached hydrogens (primary N) is 1. The number of hydrogen-bond acceptors (Lipinski definition) is 1. The molecule has 1 nitrogen and oxygen atoms in total. The van der Waals surface area contributed by atoms with Crippen molar-refractivity contribution in [3.05, 3.63) is 28.3 Å². The predicted molar refractivity (Wildman–Crippen MR) is 57.0 cm³/mol. The van der Waals surface area contributed by atoms with Gasteiger partial charge < -0.3 is 5.73 Å². The van der Waals surface area contributed by atoms with Crippen molar-refractivity contribution in [1.82, 2.24) is 0 Å². The molecule has 0 aromatic heterocycles.